The number of thioether (sulfide) groups is 1. The van der Waals surface area contributed by atoms with Gasteiger partial charge in [-0.3, -0.25) is 0 Å². The Kier molecular flexibility index (Phi) is 4.81. The number of carbonyl (C=O) groups is 1. The number of hydrogen-bond donors (Lipinski definition) is 2. The highest BCUT2D eigenvalue weighted by Crippen LogP contribution is 2.40. The van der Waals surface area contributed by atoms with Gasteiger partial charge in [-0.25, -0.2) is 4.79 Å². The number of anilines is 2. The quantitative estimate of drug-likeness (QED) is 0.645. The number of hydrogen-bond acceptors (Lipinski definition) is 5. The van der Waals surface area contributed by atoms with Gasteiger partial charge in [0.2, 0.25) is 0 Å². The molecule has 0 radical (unpaired) electrons. The van der Waals surface area contributed by atoms with Gasteiger partial charge in [-0.05, 0) is 37.3 Å². The minimum absolute atomic E-state index is 0.326. The summed E-state index contributed by atoms with van der Waals surface area (Å²) < 4.78 is 5.07. The van der Waals surface area contributed by atoms with E-state index < -0.39 is 5.97 Å². The molecule has 1 fully saturated rings. The van der Waals surface area contributed by atoms with Crippen molar-refractivity contribution in [3.8, 4) is 0 Å². The van der Waals surface area contributed by atoms with Crippen LogP contribution in [0.1, 0.15) is 36.0 Å². The number of nitrogens with two attached hydrogens (primary N) is 1. The van der Waals surface area contributed by atoms with Gasteiger partial charge in [-0.2, -0.15) is 11.8 Å². The van der Waals surface area contributed by atoms with E-state index in [-0.39, 0.29) is 0 Å². The maximum Gasteiger partial charge on any atom is 0.340 e. The molecule has 1 aliphatic carbocycles. The average Bonchev–Trinajstić information content (AvgIpc) is 2.95. The van der Waals surface area contributed by atoms with Gasteiger partial charge in [0.05, 0.1) is 12.7 Å². The topological polar surface area (TPSA) is 64.3 Å². The maximum absolute atomic E-state index is 11.6. The van der Waals surface area contributed by atoms with E-state index in [2.05, 4.69) is 11.6 Å². The molecule has 110 valence electrons. The number of methoxy groups -OCH3 is 1. The first-order valence-corrected chi connectivity index (χ1v) is 8.09. The predicted molar refractivity (Wildman–Crippen MR) is 85.4 cm³/mol. The molecule has 0 heterocycles. The van der Waals surface area contributed by atoms with Crippen molar-refractivity contribution in [1.29, 1.82) is 0 Å². The van der Waals surface area contributed by atoms with E-state index in [9.17, 15) is 4.79 Å². The van der Waals surface area contributed by atoms with Gasteiger partial charge in [-0.1, -0.05) is 12.8 Å². The van der Waals surface area contributed by atoms with Gasteiger partial charge in [0, 0.05) is 22.7 Å². The van der Waals surface area contributed by atoms with Crippen molar-refractivity contribution in [3.63, 3.8) is 0 Å². The number of nitrogen functional groups attached to an aromatic ring is 1. The van der Waals surface area contributed by atoms with Crippen molar-refractivity contribution >= 4 is 29.1 Å². The van der Waals surface area contributed by atoms with Gasteiger partial charge in [-0.15, -0.1) is 0 Å². The lowest BCUT2D eigenvalue weighted by Crippen LogP contribution is -2.30. The molecule has 1 aromatic carbocycles. The van der Waals surface area contributed by atoms with E-state index in [4.69, 9.17) is 10.5 Å². The summed E-state index contributed by atoms with van der Waals surface area (Å²) in [6.45, 7) is 0.915. The molecule has 0 aliphatic heterocycles. The Morgan fingerprint density at radius 2 is 2.15 bits per heavy atom. The summed E-state index contributed by atoms with van der Waals surface area (Å²) in [6, 6.07) is 5.42. The number of benzene rings is 1. The third-order valence-electron chi connectivity index (χ3n) is 4.02. The molecular formula is C15H22N2O2S. The molecule has 4 nitrogen and oxygen atoms in total. The molecule has 3 N–H and O–H groups in total. The van der Waals surface area contributed by atoms with Crippen molar-refractivity contribution in [2.75, 3.05) is 31.0 Å². The van der Waals surface area contributed by atoms with Crippen LogP contribution in [-0.2, 0) is 4.74 Å². The fourth-order valence-corrected chi connectivity index (χ4v) is 3.60. The van der Waals surface area contributed by atoms with Crippen LogP contribution in [0.2, 0.25) is 0 Å². The highest BCUT2D eigenvalue weighted by molar-refractivity contribution is 8.00. The summed E-state index contributed by atoms with van der Waals surface area (Å²) in [7, 11) is 1.36. The molecule has 1 aromatic rings. The van der Waals surface area contributed by atoms with E-state index in [1.807, 2.05) is 17.8 Å². The zero-order chi connectivity index (χ0) is 14.6. The Morgan fingerprint density at radius 1 is 1.45 bits per heavy atom. The third kappa shape index (κ3) is 3.20. The van der Waals surface area contributed by atoms with E-state index in [1.54, 1.807) is 12.1 Å². The second kappa shape index (κ2) is 6.39. The van der Waals surface area contributed by atoms with E-state index in [0.29, 0.717) is 16.0 Å². The van der Waals surface area contributed by atoms with Crippen LogP contribution >= 0.6 is 11.8 Å². The summed E-state index contributed by atoms with van der Waals surface area (Å²) in [5, 5.41) is 3.44. The van der Waals surface area contributed by atoms with Crippen molar-refractivity contribution < 1.29 is 9.53 Å². The SMILES string of the molecule is COC(=O)c1cc(NCC2(SC)CCCC2)ccc1N. The van der Waals surface area contributed by atoms with E-state index in [0.717, 1.165) is 12.2 Å². The molecular weight excluding hydrogens is 272 g/mol. The molecule has 0 saturated heterocycles. The smallest absolute Gasteiger partial charge is 0.340 e. The summed E-state index contributed by atoms with van der Waals surface area (Å²) in [5.74, 6) is -0.397. The molecule has 20 heavy (non-hydrogen) atoms. The number of esters is 1. The Balaban J connectivity index is 2.08. The molecule has 1 saturated carbocycles. The Morgan fingerprint density at radius 3 is 2.75 bits per heavy atom. The van der Waals surface area contributed by atoms with Crippen LogP contribution in [-0.4, -0.2) is 30.6 Å². The first kappa shape index (κ1) is 15.0. The lowest BCUT2D eigenvalue weighted by atomic mass is 10.1. The second-order valence-electron chi connectivity index (χ2n) is 5.24. The summed E-state index contributed by atoms with van der Waals surface area (Å²) in [4.78, 5) is 11.6. The lowest BCUT2D eigenvalue weighted by molar-refractivity contribution is 0.0602. The van der Waals surface area contributed by atoms with E-state index >= 15 is 0 Å². The monoisotopic (exact) mass is 294 g/mol. The van der Waals surface area contributed by atoms with Crippen molar-refractivity contribution in [2.45, 2.75) is 30.4 Å². The van der Waals surface area contributed by atoms with Gasteiger partial charge >= 0.3 is 5.97 Å². The van der Waals surface area contributed by atoms with Gasteiger partial charge in [0.1, 0.15) is 0 Å². The normalized spacial score (nSPS) is 16.9. The number of ether oxygens (including phenoxy) is 1. The summed E-state index contributed by atoms with van der Waals surface area (Å²) in [5.41, 5.74) is 7.59. The molecule has 0 spiro atoms. The van der Waals surface area contributed by atoms with Crippen LogP contribution in [0.3, 0.4) is 0 Å². The minimum Gasteiger partial charge on any atom is -0.465 e. The minimum atomic E-state index is -0.397. The Bertz CT molecular complexity index is 485. The average molecular weight is 294 g/mol. The first-order valence-electron chi connectivity index (χ1n) is 6.87. The van der Waals surface area contributed by atoms with Gasteiger partial charge in [0.25, 0.3) is 0 Å². The predicted octanol–water partition coefficient (Wildman–Crippen LogP) is 3.14. The van der Waals surface area contributed by atoms with Crippen LogP contribution in [0.25, 0.3) is 0 Å². The fraction of sp³-hybridized carbons (Fsp3) is 0.533. The lowest BCUT2D eigenvalue weighted by Gasteiger charge is -2.27. The number of carbonyl (C=O) groups excluding carboxylic acids is 1. The standard InChI is InChI=1S/C15H22N2O2S/c1-19-14(18)12-9-11(5-6-13(12)16)17-10-15(20-2)7-3-4-8-15/h5-6,9,17H,3-4,7-8,10,16H2,1-2H3. The van der Waals surface area contributed by atoms with Crippen molar-refractivity contribution in [2.24, 2.45) is 0 Å². The molecule has 0 unspecified atom stereocenters. The fourth-order valence-electron chi connectivity index (χ4n) is 2.69. The largest absolute Gasteiger partial charge is 0.465 e. The first-order chi connectivity index (χ1) is 9.60. The summed E-state index contributed by atoms with van der Waals surface area (Å²) >= 11 is 1.94. The molecule has 5 heteroatoms. The van der Waals surface area contributed by atoms with Gasteiger partial charge < -0.3 is 15.8 Å². The molecule has 0 atom stereocenters. The molecule has 0 aromatic heterocycles. The molecule has 0 amide bonds. The Labute approximate surface area is 124 Å². The molecule has 2 rings (SSSR count). The maximum atomic E-state index is 11.6. The second-order valence-corrected chi connectivity index (χ2v) is 6.52. The third-order valence-corrected chi connectivity index (χ3v) is 5.44. The van der Waals surface area contributed by atoms with Crippen LogP contribution in [0.5, 0.6) is 0 Å². The zero-order valence-electron chi connectivity index (χ0n) is 12.1. The summed E-state index contributed by atoms with van der Waals surface area (Å²) in [6.07, 6.45) is 7.28. The van der Waals surface area contributed by atoms with Crippen LogP contribution in [0.15, 0.2) is 18.2 Å². The molecule has 0 bridgehead atoms. The highest BCUT2D eigenvalue weighted by atomic mass is 32.2. The van der Waals surface area contributed by atoms with E-state index in [1.165, 1.54) is 32.8 Å². The van der Waals surface area contributed by atoms with Crippen molar-refractivity contribution in [1.82, 2.24) is 0 Å². The van der Waals surface area contributed by atoms with Crippen LogP contribution in [0, 0.1) is 0 Å². The van der Waals surface area contributed by atoms with Gasteiger partial charge in [0.15, 0.2) is 0 Å². The highest BCUT2D eigenvalue weighted by Gasteiger charge is 2.32. The van der Waals surface area contributed by atoms with Crippen LogP contribution < -0.4 is 11.1 Å². The zero-order valence-corrected chi connectivity index (χ0v) is 12.9. The number of rotatable bonds is 5. The van der Waals surface area contributed by atoms with Crippen LogP contribution in [0.4, 0.5) is 11.4 Å². The molecule has 1 aliphatic rings. The van der Waals surface area contributed by atoms with Crippen molar-refractivity contribution in [3.05, 3.63) is 23.8 Å². The Hall–Kier alpha value is -1.36. The number of nitrogens with one attached hydrogen (secondary N) is 1.